The minimum absolute atomic E-state index is 0.0772. The number of nitriles is 2. The summed E-state index contributed by atoms with van der Waals surface area (Å²) in [6, 6.07) is 17.9. The van der Waals surface area contributed by atoms with Crippen LogP contribution in [0, 0.1) is 22.7 Å². The summed E-state index contributed by atoms with van der Waals surface area (Å²) in [5, 5.41) is 23.8. The van der Waals surface area contributed by atoms with Crippen molar-refractivity contribution in [3.8, 4) is 39.8 Å². The van der Waals surface area contributed by atoms with Gasteiger partial charge in [0, 0.05) is 10.9 Å². The van der Waals surface area contributed by atoms with Gasteiger partial charge in [0.25, 0.3) is 0 Å². The Balaban J connectivity index is 1.87. The number of aromatic nitrogens is 4. The third kappa shape index (κ3) is 2.79. The van der Waals surface area contributed by atoms with Crippen molar-refractivity contribution in [2.24, 2.45) is 0 Å². The largest absolute Gasteiger partial charge is 0.272 e. The fourth-order valence-electron chi connectivity index (χ4n) is 3.14. The lowest BCUT2D eigenvalue weighted by atomic mass is 10.1. The zero-order valence-electron chi connectivity index (χ0n) is 14.8. The predicted octanol–water partition coefficient (Wildman–Crippen LogP) is 5.02. The molecule has 0 aliphatic heterocycles. The molecule has 1 aromatic carbocycles. The first-order chi connectivity index (χ1) is 14.3. The summed E-state index contributed by atoms with van der Waals surface area (Å²) in [7, 11) is 0. The molecule has 136 valence electrons. The van der Waals surface area contributed by atoms with E-state index in [-0.39, 0.29) is 11.4 Å². The van der Waals surface area contributed by atoms with E-state index in [0.29, 0.717) is 11.6 Å². The number of benzene rings is 1. The van der Waals surface area contributed by atoms with E-state index < -0.39 is 0 Å². The van der Waals surface area contributed by atoms with Crippen molar-refractivity contribution in [2.45, 2.75) is 0 Å². The van der Waals surface area contributed by atoms with Gasteiger partial charge in [-0.2, -0.15) is 10.5 Å². The van der Waals surface area contributed by atoms with Gasteiger partial charge < -0.3 is 0 Å². The zero-order chi connectivity index (χ0) is 19.8. The van der Waals surface area contributed by atoms with Crippen molar-refractivity contribution >= 4 is 32.9 Å². The first-order valence-corrected chi connectivity index (χ1v) is 10.3. The summed E-state index contributed by atoms with van der Waals surface area (Å²) >= 11 is 3.08. The molecule has 0 unspecified atom stereocenters. The fraction of sp³-hybridized carbons (Fsp3) is 0. The topological polar surface area (TPSA) is 91.2 Å². The second kappa shape index (κ2) is 6.95. The lowest BCUT2D eigenvalue weighted by Gasteiger charge is -2.09. The van der Waals surface area contributed by atoms with E-state index in [1.165, 1.54) is 17.7 Å². The van der Waals surface area contributed by atoms with Gasteiger partial charge in [-0.05, 0) is 17.0 Å². The Morgan fingerprint density at radius 3 is 2.52 bits per heavy atom. The lowest BCUT2D eigenvalue weighted by Crippen LogP contribution is -2.03. The summed E-state index contributed by atoms with van der Waals surface area (Å²) in [6.45, 7) is 0. The molecular formula is C21H10N6S2. The molecule has 4 aromatic heterocycles. The van der Waals surface area contributed by atoms with Crippen LogP contribution in [0.15, 0.2) is 59.6 Å². The highest BCUT2D eigenvalue weighted by Gasteiger charge is 2.21. The predicted molar refractivity (Wildman–Crippen MR) is 113 cm³/mol. The van der Waals surface area contributed by atoms with Crippen molar-refractivity contribution in [3.05, 3.63) is 70.9 Å². The summed E-state index contributed by atoms with van der Waals surface area (Å²) in [5.41, 5.74) is 2.25. The maximum Gasteiger partial charge on any atom is 0.177 e. The molecule has 5 aromatic rings. The number of hydrogen-bond acceptors (Lipinski definition) is 7. The Morgan fingerprint density at radius 1 is 0.931 bits per heavy atom. The van der Waals surface area contributed by atoms with Crippen molar-refractivity contribution in [1.29, 1.82) is 10.5 Å². The standard InChI is InChI=1S/C21H10N6S2/c22-9-15-16(10-23)27(12-24-15)20-18-14(13-5-2-1-3-6-13)11-29-21(18)26-19(25-20)17-7-4-8-28-17/h1-8,11-12H. The summed E-state index contributed by atoms with van der Waals surface area (Å²) < 4.78 is 1.58. The molecule has 0 radical (unpaired) electrons. The Morgan fingerprint density at radius 2 is 1.79 bits per heavy atom. The van der Waals surface area contributed by atoms with Gasteiger partial charge in [-0.1, -0.05) is 36.4 Å². The first kappa shape index (κ1) is 17.3. The number of imidazole rings is 1. The number of fused-ring (bicyclic) bond motifs is 1. The van der Waals surface area contributed by atoms with Gasteiger partial charge in [0.1, 0.15) is 23.3 Å². The van der Waals surface area contributed by atoms with Crippen molar-refractivity contribution in [2.75, 3.05) is 0 Å². The van der Waals surface area contributed by atoms with Crippen LogP contribution < -0.4 is 0 Å². The molecular weight excluding hydrogens is 400 g/mol. The monoisotopic (exact) mass is 410 g/mol. The molecule has 0 fully saturated rings. The van der Waals surface area contributed by atoms with Crippen LogP contribution in [0.1, 0.15) is 11.4 Å². The Labute approximate surface area is 173 Å². The molecule has 0 amide bonds. The van der Waals surface area contributed by atoms with E-state index in [9.17, 15) is 10.5 Å². The Bertz CT molecular complexity index is 1420. The number of rotatable bonds is 3. The van der Waals surface area contributed by atoms with Crippen molar-refractivity contribution < 1.29 is 0 Å². The molecule has 4 heterocycles. The molecule has 8 heteroatoms. The maximum absolute atomic E-state index is 9.64. The van der Waals surface area contributed by atoms with Crippen molar-refractivity contribution in [1.82, 2.24) is 19.5 Å². The highest BCUT2D eigenvalue weighted by molar-refractivity contribution is 7.17. The van der Waals surface area contributed by atoms with Crippen LogP contribution in [-0.4, -0.2) is 19.5 Å². The van der Waals surface area contributed by atoms with Crippen LogP contribution in [0.25, 0.3) is 37.9 Å². The summed E-state index contributed by atoms with van der Waals surface area (Å²) in [5.74, 6) is 1.13. The van der Waals surface area contributed by atoms with Gasteiger partial charge in [0.2, 0.25) is 0 Å². The molecule has 0 aliphatic carbocycles. The van der Waals surface area contributed by atoms with Gasteiger partial charge in [-0.3, -0.25) is 4.57 Å². The molecule has 6 nitrogen and oxygen atoms in total. The average molecular weight is 410 g/mol. The minimum atomic E-state index is 0.0772. The van der Waals surface area contributed by atoms with Gasteiger partial charge in [0.15, 0.2) is 23.0 Å². The minimum Gasteiger partial charge on any atom is -0.272 e. The average Bonchev–Trinajstić information content (AvgIpc) is 3.52. The lowest BCUT2D eigenvalue weighted by molar-refractivity contribution is 0.983. The van der Waals surface area contributed by atoms with Crippen molar-refractivity contribution in [3.63, 3.8) is 0 Å². The van der Waals surface area contributed by atoms with E-state index >= 15 is 0 Å². The van der Waals surface area contributed by atoms with Crippen LogP contribution in [0.2, 0.25) is 0 Å². The van der Waals surface area contributed by atoms with E-state index in [1.54, 1.807) is 15.9 Å². The normalized spacial score (nSPS) is 10.7. The molecule has 0 spiro atoms. The highest BCUT2D eigenvalue weighted by Crippen LogP contribution is 2.38. The van der Waals surface area contributed by atoms with Gasteiger partial charge >= 0.3 is 0 Å². The SMILES string of the molecule is N#Cc1ncn(-c2nc(-c3cccs3)nc3scc(-c4ccccc4)c23)c1C#N. The Kier molecular flexibility index (Phi) is 4.14. The van der Waals surface area contributed by atoms with E-state index in [4.69, 9.17) is 9.97 Å². The number of nitrogens with zero attached hydrogens (tertiary/aromatic N) is 6. The second-order valence-corrected chi connectivity index (χ2v) is 7.88. The highest BCUT2D eigenvalue weighted by atomic mass is 32.1. The maximum atomic E-state index is 9.64. The van der Waals surface area contributed by atoms with Crippen LogP contribution in [-0.2, 0) is 0 Å². The van der Waals surface area contributed by atoms with Crippen LogP contribution in [0.3, 0.4) is 0 Å². The molecule has 29 heavy (non-hydrogen) atoms. The molecule has 0 atom stereocenters. The fourth-order valence-corrected chi connectivity index (χ4v) is 4.74. The molecule has 0 saturated carbocycles. The molecule has 0 aliphatic rings. The number of thiophene rings is 2. The third-order valence-corrected chi connectivity index (χ3v) is 6.19. The van der Waals surface area contributed by atoms with Gasteiger partial charge in [0.05, 0.1) is 10.3 Å². The second-order valence-electron chi connectivity index (χ2n) is 6.08. The van der Waals surface area contributed by atoms with Gasteiger partial charge in [-0.25, -0.2) is 15.0 Å². The zero-order valence-corrected chi connectivity index (χ0v) is 16.4. The van der Waals surface area contributed by atoms with Crippen LogP contribution in [0.4, 0.5) is 0 Å². The summed E-state index contributed by atoms with van der Waals surface area (Å²) in [6.07, 6.45) is 1.48. The van der Waals surface area contributed by atoms with E-state index in [2.05, 4.69) is 11.1 Å². The molecule has 0 saturated heterocycles. The smallest absolute Gasteiger partial charge is 0.177 e. The Hall–Kier alpha value is -3.85. The summed E-state index contributed by atoms with van der Waals surface area (Å²) in [4.78, 5) is 15.4. The molecule has 5 rings (SSSR count). The van der Waals surface area contributed by atoms with E-state index in [1.807, 2.05) is 59.3 Å². The van der Waals surface area contributed by atoms with Crippen LogP contribution >= 0.6 is 22.7 Å². The van der Waals surface area contributed by atoms with Crippen LogP contribution in [0.5, 0.6) is 0 Å². The first-order valence-electron chi connectivity index (χ1n) is 8.56. The number of hydrogen-bond donors (Lipinski definition) is 0. The third-order valence-electron chi connectivity index (χ3n) is 4.45. The van der Waals surface area contributed by atoms with E-state index in [0.717, 1.165) is 26.2 Å². The molecule has 0 N–H and O–H groups in total. The van der Waals surface area contributed by atoms with Gasteiger partial charge in [-0.15, -0.1) is 22.7 Å². The molecule has 0 bridgehead atoms. The quantitative estimate of drug-likeness (QED) is 0.417.